The number of halogens is 1. The molecule has 0 atom stereocenters. The normalized spacial score (nSPS) is 10.4. The van der Waals surface area contributed by atoms with Crippen LogP contribution in [-0.2, 0) is 0 Å². The molecular weight excluding hydrogens is 160 g/mol. The zero-order valence-electron chi connectivity index (χ0n) is 5.32. The number of hydrogen-bond donors (Lipinski definition) is 0. The van der Waals surface area contributed by atoms with Gasteiger partial charge in [0.2, 0.25) is 0 Å². The predicted molar refractivity (Wildman–Crippen MR) is 23.7 cm³/mol. The van der Waals surface area contributed by atoms with Gasteiger partial charge >= 0.3 is 0 Å². The lowest BCUT2D eigenvalue weighted by atomic mass is 10.5. The molecule has 0 aliphatic heterocycles. The van der Waals surface area contributed by atoms with Crippen LogP contribution in [0.1, 0.15) is 6.92 Å². The molecule has 0 saturated carbocycles. The van der Waals surface area contributed by atoms with E-state index in [9.17, 15) is 0 Å². The van der Waals surface area contributed by atoms with E-state index in [-0.39, 0.29) is 0 Å². The van der Waals surface area contributed by atoms with Gasteiger partial charge in [0, 0.05) is 6.58 Å². The van der Waals surface area contributed by atoms with Crippen LogP contribution in [0.25, 0.3) is 0 Å². The standard InChI is InChI=1S/C5H7.ClHO4/c1-3-5-4-2;2-1(3,4)5/h1,3-5H,2H3;(H,2,3,4,5)/q+1;/p-1. The topological polar surface area (TPSA) is 92.2 Å². The first-order valence-electron chi connectivity index (χ1n) is 2.19. The summed E-state index contributed by atoms with van der Waals surface area (Å²) in [7, 11) is -4.94. The average Bonchev–Trinajstić information content (AvgIpc) is 1.63. The minimum Gasteiger partial charge on any atom is -0.222 e. The largest absolute Gasteiger partial charge is 0.222 e. The fourth-order valence-electron chi connectivity index (χ4n) is 0.111. The Bertz CT molecular complexity index is 98.7. The van der Waals surface area contributed by atoms with Gasteiger partial charge in [0.1, 0.15) is 0 Å². The van der Waals surface area contributed by atoms with Gasteiger partial charge in [0.25, 0.3) is 0 Å². The van der Waals surface area contributed by atoms with E-state index in [2.05, 4.69) is 0 Å². The van der Waals surface area contributed by atoms with E-state index >= 15 is 0 Å². The van der Waals surface area contributed by atoms with E-state index in [0.717, 1.165) is 0 Å². The molecule has 0 aromatic carbocycles. The summed E-state index contributed by atoms with van der Waals surface area (Å²) in [5, 5.41) is 0. The highest BCUT2D eigenvalue weighted by Gasteiger charge is 1.84. The van der Waals surface area contributed by atoms with Gasteiger partial charge in [-0.25, -0.2) is 18.6 Å². The molecule has 0 aliphatic carbocycles. The average molecular weight is 167 g/mol. The van der Waals surface area contributed by atoms with Crippen LogP contribution in [0.2, 0.25) is 0 Å². The molecule has 0 saturated heterocycles. The van der Waals surface area contributed by atoms with E-state index in [1.807, 2.05) is 13.0 Å². The maximum atomic E-state index is 8.49. The predicted octanol–water partition coefficient (Wildman–Crippen LogP) is -3.20. The minimum absolute atomic E-state index is 1.50. The summed E-state index contributed by atoms with van der Waals surface area (Å²) in [4.78, 5) is 0. The van der Waals surface area contributed by atoms with E-state index in [4.69, 9.17) is 25.2 Å². The second kappa shape index (κ2) is 6.64. The van der Waals surface area contributed by atoms with Crippen molar-refractivity contribution in [2.45, 2.75) is 6.92 Å². The molecule has 0 N–H and O–H groups in total. The van der Waals surface area contributed by atoms with Gasteiger partial charge in [-0.05, 0) is 13.0 Å². The smallest absolute Gasteiger partial charge is 0.151 e. The van der Waals surface area contributed by atoms with Crippen molar-refractivity contribution in [3.63, 3.8) is 0 Å². The first-order chi connectivity index (χ1) is 4.41. The Morgan fingerprint density at radius 3 is 1.50 bits per heavy atom. The summed E-state index contributed by atoms with van der Waals surface area (Å²) in [6, 6.07) is 0. The quantitative estimate of drug-likeness (QED) is 0.303. The maximum Gasteiger partial charge on any atom is 0.151 e. The molecule has 0 aliphatic rings. The zero-order valence-corrected chi connectivity index (χ0v) is 6.08. The lowest BCUT2D eigenvalue weighted by Crippen LogP contribution is -2.68. The molecule has 0 bridgehead atoms. The van der Waals surface area contributed by atoms with Gasteiger partial charge in [-0.3, -0.25) is 0 Å². The van der Waals surface area contributed by atoms with Gasteiger partial charge in [-0.15, -0.1) is 10.2 Å². The third-order valence-electron chi connectivity index (χ3n) is 0.304. The molecule has 0 rings (SSSR count). The molecule has 0 heterocycles. The highest BCUT2D eigenvalue weighted by molar-refractivity contribution is 4.92. The Kier molecular flexibility index (Phi) is 8.11. The zero-order chi connectivity index (χ0) is 8.62. The molecule has 4 nitrogen and oxygen atoms in total. The third kappa shape index (κ3) is 138. The van der Waals surface area contributed by atoms with Crippen molar-refractivity contribution in [2.24, 2.45) is 0 Å². The highest BCUT2D eigenvalue weighted by Crippen LogP contribution is 1.64. The second-order valence-electron chi connectivity index (χ2n) is 1.10. The van der Waals surface area contributed by atoms with Gasteiger partial charge in [0.05, 0.1) is 6.08 Å². The Morgan fingerprint density at radius 2 is 1.50 bits per heavy atom. The molecule has 0 aromatic heterocycles. The van der Waals surface area contributed by atoms with E-state index in [0.29, 0.717) is 0 Å². The van der Waals surface area contributed by atoms with Crippen LogP contribution in [0.15, 0.2) is 18.2 Å². The fraction of sp³-hybridized carbons (Fsp3) is 0.200. The highest BCUT2D eigenvalue weighted by atomic mass is 35.7. The van der Waals surface area contributed by atoms with Gasteiger partial charge in [-0.2, -0.15) is 0 Å². The molecule has 0 fully saturated rings. The monoisotopic (exact) mass is 166 g/mol. The fourth-order valence-corrected chi connectivity index (χ4v) is 0.111. The lowest BCUT2D eigenvalue weighted by Gasteiger charge is -2.17. The van der Waals surface area contributed by atoms with Crippen LogP contribution in [0.4, 0.5) is 0 Å². The molecule has 0 spiro atoms. The van der Waals surface area contributed by atoms with Crippen LogP contribution in [0, 0.1) is 16.8 Å². The first-order valence-corrected chi connectivity index (χ1v) is 3.43. The van der Waals surface area contributed by atoms with Crippen molar-refractivity contribution in [3.05, 3.63) is 24.8 Å². The van der Waals surface area contributed by atoms with Gasteiger partial charge in [-0.1, -0.05) is 0 Å². The minimum atomic E-state index is -4.94. The molecule has 5 heteroatoms. The summed E-state index contributed by atoms with van der Waals surface area (Å²) in [5.41, 5.74) is 0. The van der Waals surface area contributed by atoms with Crippen molar-refractivity contribution in [2.75, 3.05) is 0 Å². The number of rotatable bonds is 1. The molecule has 10 heavy (non-hydrogen) atoms. The number of hydrogen-bond acceptors (Lipinski definition) is 4. The van der Waals surface area contributed by atoms with Crippen LogP contribution in [0.3, 0.4) is 0 Å². The molecule has 58 valence electrons. The lowest BCUT2D eigenvalue weighted by molar-refractivity contribution is -2.00. The Morgan fingerprint density at radius 1 is 1.20 bits per heavy atom. The van der Waals surface area contributed by atoms with E-state index < -0.39 is 10.2 Å². The van der Waals surface area contributed by atoms with Crippen molar-refractivity contribution in [1.82, 2.24) is 0 Å². The Labute approximate surface area is 61.5 Å². The van der Waals surface area contributed by atoms with Gasteiger partial charge in [0.15, 0.2) is 6.08 Å². The first kappa shape index (κ1) is 12.2. The van der Waals surface area contributed by atoms with E-state index in [1.54, 1.807) is 6.08 Å². The summed E-state index contributed by atoms with van der Waals surface area (Å²) in [6.45, 7) is 6.85. The molecule has 0 amide bonds. The number of allylic oxidation sites excluding steroid dienone is 3. The third-order valence-corrected chi connectivity index (χ3v) is 0.304. The molecule has 0 aromatic rings. The van der Waals surface area contributed by atoms with Crippen molar-refractivity contribution < 1.29 is 28.9 Å². The summed E-state index contributed by atoms with van der Waals surface area (Å²) in [5.74, 6) is 0. The molecular formula is C5H7ClO4. The SMILES string of the molecule is [CH+]=CC=CC.[O-][Cl+3]([O-])([O-])[O-]. The van der Waals surface area contributed by atoms with Crippen molar-refractivity contribution in [1.29, 1.82) is 0 Å². The van der Waals surface area contributed by atoms with E-state index in [1.165, 1.54) is 6.08 Å². The van der Waals surface area contributed by atoms with Gasteiger partial charge < -0.3 is 0 Å². The van der Waals surface area contributed by atoms with Crippen LogP contribution in [-0.4, -0.2) is 0 Å². The maximum absolute atomic E-state index is 8.49. The Hall–Kier alpha value is -0.480. The summed E-state index contributed by atoms with van der Waals surface area (Å²) < 4.78 is 34.0. The second-order valence-corrected chi connectivity index (χ2v) is 1.85. The summed E-state index contributed by atoms with van der Waals surface area (Å²) >= 11 is 0. The Balaban J connectivity index is 0. The van der Waals surface area contributed by atoms with Crippen LogP contribution < -0.4 is 18.6 Å². The van der Waals surface area contributed by atoms with Crippen LogP contribution in [0.5, 0.6) is 0 Å². The molecule has 0 unspecified atom stereocenters. The summed E-state index contributed by atoms with van der Waals surface area (Å²) in [6.07, 6.45) is 5.15. The van der Waals surface area contributed by atoms with Crippen molar-refractivity contribution in [3.8, 4) is 0 Å². The van der Waals surface area contributed by atoms with Crippen LogP contribution >= 0.6 is 0 Å². The van der Waals surface area contributed by atoms with Crippen molar-refractivity contribution >= 4 is 0 Å². The molecule has 0 radical (unpaired) electrons.